The van der Waals surface area contributed by atoms with Crippen LogP contribution in [0.2, 0.25) is 0 Å². The summed E-state index contributed by atoms with van der Waals surface area (Å²) in [5.41, 5.74) is 1.43. The fourth-order valence-electron chi connectivity index (χ4n) is 4.86. The lowest BCUT2D eigenvalue weighted by Crippen LogP contribution is -2.03. The minimum Gasteiger partial charge on any atom is -0.504 e. The van der Waals surface area contributed by atoms with Gasteiger partial charge in [0.05, 0.1) is 14.2 Å². The molecule has 0 saturated carbocycles. The normalized spacial score (nSPS) is 14.3. The number of hydrogen-bond donors (Lipinski definition) is 2. The summed E-state index contributed by atoms with van der Waals surface area (Å²) in [5.74, 6) is 3.63. The molecular formula is C29H52O4. The highest BCUT2D eigenvalue weighted by molar-refractivity contribution is 5.65. The van der Waals surface area contributed by atoms with Crippen LogP contribution in [0.15, 0.2) is 0 Å². The third-order valence-electron chi connectivity index (χ3n) is 7.29. The van der Waals surface area contributed by atoms with E-state index in [1.807, 2.05) is 6.92 Å². The summed E-state index contributed by atoms with van der Waals surface area (Å²) < 4.78 is 10.5. The lowest BCUT2D eigenvalue weighted by atomic mass is 9.89. The van der Waals surface area contributed by atoms with Gasteiger partial charge in [0.2, 0.25) is 11.5 Å². The van der Waals surface area contributed by atoms with E-state index in [1.54, 1.807) is 0 Å². The van der Waals surface area contributed by atoms with Gasteiger partial charge in [-0.15, -0.1) is 0 Å². The van der Waals surface area contributed by atoms with Crippen LogP contribution < -0.4 is 9.47 Å². The number of phenols is 2. The van der Waals surface area contributed by atoms with E-state index < -0.39 is 0 Å². The molecule has 4 nitrogen and oxygen atoms in total. The molecule has 1 aromatic rings. The molecule has 0 radical (unpaired) electrons. The molecule has 0 aliphatic heterocycles. The summed E-state index contributed by atoms with van der Waals surface area (Å²) in [6.45, 7) is 13.6. The van der Waals surface area contributed by atoms with Crippen molar-refractivity contribution in [1.82, 2.24) is 0 Å². The summed E-state index contributed by atoms with van der Waals surface area (Å²) in [4.78, 5) is 0. The van der Waals surface area contributed by atoms with Gasteiger partial charge < -0.3 is 19.7 Å². The van der Waals surface area contributed by atoms with Crippen LogP contribution in [0.3, 0.4) is 0 Å². The molecule has 0 amide bonds. The SMILES string of the molecule is COc1c(O)c(C)c(CC[C@H](C)CCC[C@H](C)CCC[C@H](C)CCCC(C)C)c(O)c1OC. The van der Waals surface area contributed by atoms with Crippen molar-refractivity contribution >= 4 is 0 Å². The topological polar surface area (TPSA) is 58.9 Å². The minimum atomic E-state index is 0.0536. The van der Waals surface area contributed by atoms with E-state index in [-0.39, 0.29) is 23.0 Å². The summed E-state index contributed by atoms with van der Waals surface area (Å²) >= 11 is 0. The first-order valence-corrected chi connectivity index (χ1v) is 13.3. The second-order valence-electron chi connectivity index (χ2n) is 10.9. The van der Waals surface area contributed by atoms with Crippen LogP contribution in [-0.4, -0.2) is 24.4 Å². The second kappa shape index (κ2) is 15.3. The molecule has 0 bridgehead atoms. The summed E-state index contributed by atoms with van der Waals surface area (Å²) in [6, 6.07) is 0. The Bertz CT molecular complexity index is 683. The van der Waals surface area contributed by atoms with Crippen LogP contribution in [0.25, 0.3) is 0 Å². The summed E-state index contributed by atoms with van der Waals surface area (Å²) in [7, 11) is 2.95. The van der Waals surface area contributed by atoms with E-state index in [4.69, 9.17) is 9.47 Å². The number of aromatic hydroxyl groups is 2. The van der Waals surface area contributed by atoms with Gasteiger partial charge in [-0.3, -0.25) is 0 Å². The predicted octanol–water partition coefficient (Wildman–Crippen LogP) is 8.43. The minimum absolute atomic E-state index is 0.0536. The van der Waals surface area contributed by atoms with E-state index >= 15 is 0 Å². The van der Waals surface area contributed by atoms with Crippen molar-refractivity contribution in [1.29, 1.82) is 0 Å². The van der Waals surface area contributed by atoms with Gasteiger partial charge in [0.25, 0.3) is 0 Å². The molecule has 33 heavy (non-hydrogen) atoms. The summed E-state index contributed by atoms with van der Waals surface area (Å²) in [6.07, 6.45) is 13.7. The fraction of sp³-hybridized carbons (Fsp3) is 0.793. The van der Waals surface area contributed by atoms with Crippen LogP contribution >= 0.6 is 0 Å². The molecule has 2 N–H and O–H groups in total. The Labute approximate surface area is 204 Å². The standard InChI is InChI=1S/C29H52O4/c1-20(2)12-9-13-21(3)14-10-15-22(4)16-11-17-23(5)18-19-25-24(6)26(30)28(32-7)29(33-8)27(25)31/h20-23,30-31H,9-19H2,1-8H3/t21-,22-,23-/m1/s1. The fourth-order valence-corrected chi connectivity index (χ4v) is 4.86. The molecule has 0 spiro atoms. The van der Waals surface area contributed by atoms with Gasteiger partial charge >= 0.3 is 0 Å². The Morgan fingerprint density at radius 2 is 1.00 bits per heavy atom. The third kappa shape index (κ3) is 10.1. The monoisotopic (exact) mass is 464 g/mol. The van der Waals surface area contributed by atoms with E-state index in [0.717, 1.165) is 36.2 Å². The number of ether oxygens (including phenoxy) is 2. The molecule has 0 fully saturated rings. The first-order chi connectivity index (χ1) is 15.6. The number of rotatable bonds is 17. The van der Waals surface area contributed by atoms with E-state index in [1.165, 1.54) is 72.0 Å². The largest absolute Gasteiger partial charge is 0.504 e. The molecular weight excluding hydrogens is 412 g/mol. The molecule has 1 aromatic carbocycles. The van der Waals surface area contributed by atoms with Crippen LogP contribution in [0.5, 0.6) is 23.0 Å². The molecule has 0 aliphatic rings. The quantitative estimate of drug-likeness (QED) is 0.227. The van der Waals surface area contributed by atoms with E-state index in [9.17, 15) is 10.2 Å². The lowest BCUT2D eigenvalue weighted by molar-refractivity contribution is 0.313. The van der Waals surface area contributed by atoms with Crippen LogP contribution in [0.1, 0.15) is 110 Å². The van der Waals surface area contributed by atoms with Crippen molar-refractivity contribution < 1.29 is 19.7 Å². The maximum atomic E-state index is 10.6. The van der Waals surface area contributed by atoms with Crippen molar-refractivity contribution in [3.63, 3.8) is 0 Å². The smallest absolute Gasteiger partial charge is 0.207 e. The van der Waals surface area contributed by atoms with Gasteiger partial charge in [-0.1, -0.05) is 92.4 Å². The highest BCUT2D eigenvalue weighted by atomic mass is 16.5. The number of hydrogen-bond acceptors (Lipinski definition) is 4. The van der Waals surface area contributed by atoms with Crippen LogP contribution in [-0.2, 0) is 6.42 Å². The maximum absolute atomic E-state index is 10.6. The lowest BCUT2D eigenvalue weighted by Gasteiger charge is -2.19. The molecule has 0 unspecified atom stereocenters. The van der Waals surface area contributed by atoms with Crippen LogP contribution in [0.4, 0.5) is 0 Å². The Balaban J connectivity index is 2.35. The average Bonchev–Trinajstić information content (AvgIpc) is 2.75. The van der Waals surface area contributed by atoms with Crippen molar-refractivity contribution in [2.75, 3.05) is 14.2 Å². The van der Waals surface area contributed by atoms with Gasteiger partial charge in [-0.05, 0) is 43.4 Å². The van der Waals surface area contributed by atoms with Crippen molar-refractivity contribution in [2.45, 2.75) is 112 Å². The molecule has 0 saturated heterocycles. The second-order valence-corrected chi connectivity index (χ2v) is 10.9. The molecule has 192 valence electrons. The molecule has 3 atom stereocenters. The first kappa shape index (κ1) is 29.5. The van der Waals surface area contributed by atoms with Crippen LogP contribution in [0, 0.1) is 30.6 Å². The zero-order chi connectivity index (χ0) is 25.0. The Morgan fingerprint density at radius 1 is 0.606 bits per heavy atom. The molecule has 4 heteroatoms. The maximum Gasteiger partial charge on any atom is 0.207 e. The molecule has 0 heterocycles. The number of benzene rings is 1. The number of phenolic OH excluding ortho intramolecular Hbond substituents is 2. The highest BCUT2D eigenvalue weighted by Gasteiger charge is 2.23. The third-order valence-corrected chi connectivity index (χ3v) is 7.29. The Hall–Kier alpha value is -1.58. The zero-order valence-corrected chi connectivity index (χ0v) is 22.8. The van der Waals surface area contributed by atoms with Gasteiger partial charge in [0.15, 0.2) is 11.5 Å². The Kier molecular flexibility index (Phi) is 13.7. The van der Waals surface area contributed by atoms with Crippen molar-refractivity contribution in [2.24, 2.45) is 23.7 Å². The van der Waals surface area contributed by atoms with E-state index in [0.29, 0.717) is 11.5 Å². The van der Waals surface area contributed by atoms with Gasteiger partial charge in [-0.2, -0.15) is 0 Å². The highest BCUT2D eigenvalue weighted by Crippen LogP contribution is 2.48. The Morgan fingerprint density at radius 3 is 1.42 bits per heavy atom. The summed E-state index contributed by atoms with van der Waals surface area (Å²) in [5, 5.41) is 21.1. The molecule has 0 aromatic heterocycles. The van der Waals surface area contributed by atoms with Gasteiger partial charge in [-0.25, -0.2) is 0 Å². The van der Waals surface area contributed by atoms with Crippen molar-refractivity contribution in [3.05, 3.63) is 11.1 Å². The van der Waals surface area contributed by atoms with Gasteiger partial charge in [0, 0.05) is 11.1 Å². The van der Waals surface area contributed by atoms with Gasteiger partial charge in [0.1, 0.15) is 0 Å². The predicted molar refractivity (Wildman–Crippen MR) is 140 cm³/mol. The molecule has 1 rings (SSSR count). The zero-order valence-electron chi connectivity index (χ0n) is 22.8. The number of methoxy groups -OCH3 is 2. The first-order valence-electron chi connectivity index (χ1n) is 13.3. The average molecular weight is 465 g/mol. The molecule has 0 aliphatic carbocycles. The van der Waals surface area contributed by atoms with Crippen molar-refractivity contribution in [3.8, 4) is 23.0 Å². The van der Waals surface area contributed by atoms with E-state index in [2.05, 4.69) is 34.6 Å².